The summed E-state index contributed by atoms with van der Waals surface area (Å²) in [5.74, 6) is -1.73. The maximum atomic E-state index is 12.1. The molecule has 0 atom stereocenters. The van der Waals surface area contributed by atoms with Gasteiger partial charge in [0.05, 0.1) is 5.88 Å². The molecule has 0 saturated carbocycles. The van der Waals surface area contributed by atoms with Gasteiger partial charge in [-0.25, -0.2) is 4.79 Å². The minimum Gasteiger partial charge on any atom is -0.448 e. The lowest BCUT2D eigenvalue weighted by atomic mass is 10.3. The molecule has 18 heavy (non-hydrogen) atoms. The fourth-order valence-corrected chi connectivity index (χ4v) is 1.57. The summed E-state index contributed by atoms with van der Waals surface area (Å²) in [6.45, 7) is -0.239. The van der Waals surface area contributed by atoms with Crippen molar-refractivity contribution in [2.75, 3.05) is 38.7 Å². The highest BCUT2D eigenvalue weighted by Crippen LogP contribution is 2.19. The first-order valence-electron chi connectivity index (χ1n) is 5.20. The van der Waals surface area contributed by atoms with E-state index in [0.29, 0.717) is 4.90 Å². The van der Waals surface area contributed by atoms with Crippen molar-refractivity contribution in [3.8, 4) is 0 Å². The van der Waals surface area contributed by atoms with Gasteiger partial charge in [-0.3, -0.25) is 4.79 Å². The molecule has 1 aliphatic heterocycles. The van der Waals surface area contributed by atoms with Crippen LogP contribution in [0.4, 0.5) is 18.0 Å². The SMILES string of the molecule is O=C(OCCCl)N1CCN(C(=O)C(F)(F)F)CC1. The molecule has 104 valence electrons. The van der Waals surface area contributed by atoms with Crippen LogP contribution in [-0.2, 0) is 9.53 Å². The molecular formula is C9H12ClF3N2O3. The van der Waals surface area contributed by atoms with Gasteiger partial charge >= 0.3 is 18.2 Å². The number of ether oxygens (including phenoxy) is 1. The molecule has 5 nitrogen and oxygen atoms in total. The van der Waals surface area contributed by atoms with E-state index in [9.17, 15) is 22.8 Å². The monoisotopic (exact) mass is 288 g/mol. The Hall–Kier alpha value is -1.18. The van der Waals surface area contributed by atoms with Gasteiger partial charge in [0.2, 0.25) is 0 Å². The Morgan fingerprint density at radius 3 is 2.06 bits per heavy atom. The zero-order valence-corrected chi connectivity index (χ0v) is 10.1. The molecule has 0 aromatic carbocycles. The second-order valence-electron chi connectivity index (χ2n) is 3.58. The van der Waals surface area contributed by atoms with Gasteiger partial charge in [-0.2, -0.15) is 13.2 Å². The molecule has 1 heterocycles. The van der Waals surface area contributed by atoms with E-state index in [2.05, 4.69) is 0 Å². The minimum atomic E-state index is -4.87. The number of carbonyl (C=O) groups excluding carboxylic acids is 2. The normalized spacial score (nSPS) is 16.7. The number of amides is 2. The van der Waals surface area contributed by atoms with Crippen LogP contribution in [0.25, 0.3) is 0 Å². The summed E-state index contributed by atoms with van der Waals surface area (Å²) in [5, 5.41) is 0. The first-order chi connectivity index (χ1) is 8.36. The quantitative estimate of drug-likeness (QED) is 0.714. The third kappa shape index (κ3) is 3.94. The zero-order chi connectivity index (χ0) is 13.8. The van der Waals surface area contributed by atoms with Crippen molar-refractivity contribution in [2.45, 2.75) is 6.18 Å². The van der Waals surface area contributed by atoms with Crippen LogP contribution in [0.3, 0.4) is 0 Å². The average Bonchev–Trinajstić information content (AvgIpc) is 2.34. The molecule has 0 N–H and O–H groups in total. The van der Waals surface area contributed by atoms with Gasteiger partial charge < -0.3 is 14.5 Å². The molecule has 0 unspecified atom stereocenters. The fraction of sp³-hybridized carbons (Fsp3) is 0.778. The number of hydrogen-bond acceptors (Lipinski definition) is 3. The van der Waals surface area contributed by atoms with Gasteiger partial charge in [0.25, 0.3) is 0 Å². The summed E-state index contributed by atoms with van der Waals surface area (Å²) in [7, 11) is 0. The molecule has 0 aromatic heterocycles. The molecule has 1 fully saturated rings. The number of rotatable bonds is 2. The van der Waals surface area contributed by atoms with E-state index in [1.807, 2.05) is 0 Å². The number of carbonyl (C=O) groups is 2. The van der Waals surface area contributed by atoms with Crippen LogP contribution in [0.15, 0.2) is 0 Å². The van der Waals surface area contributed by atoms with Crippen LogP contribution in [0, 0.1) is 0 Å². The van der Waals surface area contributed by atoms with E-state index in [1.54, 1.807) is 0 Å². The Morgan fingerprint density at radius 1 is 1.11 bits per heavy atom. The van der Waals surface area contributed by atoms with Gasteiger partial charge in [0.1, 0.15) is 6.61 Å². The zero-order valence-electron chi connectivity index (χ0n) is 9.37. The minimum absolute atomic E-state index is 0.0168. The molecule has 1 aliphatic rings. The fourth-order valence-electron chi connectivity index (χ4n) is 1.49. The number of halogens is 4. The van der Waals surface area contributed by atoms with Gasteiger partial charge in [0, 0.05) is 26.2 Å². The first kappa shape index (κ1) is 14.9. The molecule has 0 radical (unpaired) electrons. The van der Waals surface area contributed by atoms with Crippen molar-refractivity contribution in [1.82, 2.24) is 9.80 Å². The lowest BCUT2D eigenvalue weighted by Crippen LogP contribution is -2.53. The highest BCUT2D eigenvalue weighted by Gasteiger charge is 2.43. The van der Waals surface area contributed by atoms with E-state index >= 15 is 0 Å². The third-order valence-corrected chi connectivity index (χ3v) is 2.52. The second-order valence-corrected chi connectivity index (χ2v) is 3.96. The predicted molar refractivity (Wildman–Crippen MR) is 56.3 cm³/mol. The van der Waals surface area contributed by atoms with Crippen LogP contribution in [0.5, 0.6) is 0 Å². The van der Waals surface area contributed by atoms with Crippen LogP contribution >= 0.6 is 11.6 Å². The second kappa shape index (κ2) is 6.12. The van der Waals surface area contributed by atoms with Crippen molar-refractivity contribution >= 4 is 23.6 Å². The summed E-state index contributed by atoms with van der Waals surface area (Å²) >= 11 is 5.33. The topological polar surface area (TPSA) is 49.9 Å². The molecular weight excluding hydrogens is 277 g/mol. The third-order valence-electron chi connectivity index (χ3n) is 2.37. The first-order valence-corrected chi connectivity index (χ1v) is 5.73. The molecule has 0 bridgehead atoms. The van der Waals surface area contributed by atoms with Gasteiger partial charge in [-0.1, -0.05) is 0 Å². The number of nitrogens with zero attached hydrogens (tertiary/aromatic N) is 2. The van der Waals surface area contributed by atoms with Crippen LogP contribution < -0.4 is 0 Å². The molecule has 9 heteroatoms. The van der Waals surface area contributed by atoms with Crippen molar-refractivity contribution in [1.29, 1.82) is 0 Å². The van der Waals surface area contributed by atoms with Gasteiger partial charge in [0.15, 0.2) is 0 Å². The van der Waals surface area contributed by atoms with E-state index in [1.165, 1.54) is 4.90 Å². The molecule has 0 spiro atoms. The Balaban J connectivity index is 2.41. The van der Waals surface area contributed by atoms with Crippen LogP contribution in [0.1, 0.15) is 0 Å². The van der Waals surface area contributed by atoms with Gasteiger partial charge in [-0.15, -0.1) is 11.6 Å². The van der Waals surface area contributed by atoms with Crippen LogP contribution in [-0.4, -0.2) is 66.6 Å². The Bertz CT molecular complexity index is 317. The van der Waals surface area contributed by atoms with Crippen LogP contribution in [0.2, 0.25) is 0 Å². The Kier molecular flexibility index (Phi) is 5.06. The molecule has 0 aliphatic carbocycles. The lowest BCUT2D eigenvalue weighted by Gasteiger charge is -2.34. The average molecular weight is 289 g/mol. The van der Waals surface area contributed by atoms with E-state index in [4.69, 9.17) is 16.3 Å². The number of alkyl halides is 4. The molecule has 2 amide bonds. The summed E-state index contributed by atoms with van der Waals surface area (Å²) in [5.41, 5.74) is 0. The summed E-state index contributed by atoms with van der Waals surface area (Å²) < 4.78 is 41.2. The Morgan fingerprint density at radius 2 is 1.61 bits per heavy atom. The van der Waals surface area contributed by atoms with E-state index < -0.39 is 18.2 Å². The largest absolute Gasteiger partial charge is 0.471 e. The summed E-state index contributed by atoms with van der Waals surface area (Å²) in [4.78, 5) is 24.2. The predicted octanol–water partition coefficient (Wildman–Crippen LogP) is 1.07. The maximum Gasteiger partial charge on any atom is 0.471 e. The van der Waals surface area contributed by atoms with Crippen molar-refractivity contribution < 1.29 is 27.5 Å². The van der Waals surface area contributed by atoms with E-state index in [-0.39, 0.29) is 38.7 Å². The highest BCUT2D eigenvalue weighted by molar-refractivity contribution is 6.18. The highest BCUT2D eigenvalue weighted by atomic mass is 35.5. The van der Waals surface area contributed by atoms with E-state index in [0.717, 1.165) is 0 Å². The number of piperazine rings is 1. The van der Waals surface area contributed by atoms with Gasteiger partial charge in [-0.05, 0) is 0 Å². The number of hydrogen-bond donors (Lipinski definition) is 0. The lowest BCUT2D eigenvalue weighted by molar-refractivity contribution is -0.186. The van der Waals surface area contributed by atoms with Crippen molar-refractivity contribution in [3.05, 3.63) is 0 Å². The summed E-state index contributed by atoms with van der Waals surface area (Å²) in [6.07, 6.45) is -5.50. The molecule has 0 aromatic rings. The smallest absolute Gasteiger partial charge is 0.448 e. The molecule has 1 saturated heterocycles. The summed E-state index contributed by atoms with van der Waals surface area (Å²) in [6, 6.07) is 0. The molecule has 1 rings (SSSR count). The standard InChI is InChI=1S/C9H12ClF3N2O3/c10-1-6-18-8(17)15-4-2-14(3-5-15)7(16)9(11,12)13/h1-6H2. The maximum absolute atomic E-state index is 12.1. The Labute approximate surface area is 106 Å². The van der Waals surface area contributed by atoms with Crippen molar-refractivity contribution in [3.63, 3.8) is 0 Å². The van der Waals surface area contributed by atoms with Crippen molar-refractivity contribution in [2.24, 2.45) is 0 Å².